The van der Waals surface area contributed by atoms with E-state index in [2.05, 4.69) is 5.32 Å². The Morgan fingerprint density at radius 3 is 2.73 bits per heavy atom. The van der Waals surface area contributed by atoms with E-state index in [0.29, 0.717) is 18.0 Å². The summed E-state index contributed by atoms with van der Waals surface area (Å²) in [6.07, 6.45) is 0.271. The number of hydrogen-bond acceptors (Lipinski definition) is 4. The lowest BCUT2D eigenvalue weighted by Gasteiger charge is -2.18. The molecule has 1 fully saturated rings. The number of amides is 2. The molecule has 1 atom stereocenters. The van der Waals surface area contributed by atoms with Gasteiger partial charge >= 0.3 is 0 Å². The summed E-state index contributed by atoms with van der Waals surface area (Å²) in [6, 6.07) is 14.6. The smallest absolute Gasteiger partial charge is 0.258 e. The minimum atomic E-state index is -0.239. The number of nitrogens with one attached hydrogen (secondary N) is 1. The summed E-state index contributed by atoms with van der Waals surface area (Å²) in [7, 11) is 1.59. The SMILES string of the molecule is COc1cccc(N2C[C@H](NC(=O)COc3cccc(C)c3)CC2=O)c1. The quantitative estimate of drug-likeness (QED) is 0.864. The van der Waals surface area contributed by atoms with Gasteiger partial charge in [-0.3, -0.25) is 9.59 Å². The van der Waals surface area contributed by atoms with Gasteiger partial charge in [-0.2, -0.15) is 0 Å². The maximum Gasteiger partial charge on any atom is 0.258 e. The molecule has 1 aliphatic heterocycles. The van der Waals surface area contributed by atoms with E-state index in [-0.39, 0.29) is 30.9 Å². The van der Waals surface area contributed by atoms with E-state index < -0.39 is 0 Å². The molecule has 3 rings (SSSR count). The Hall–Kier alpha value is -3.02. The molecule has 1 N–H and O–H groups in total. The second-order valence-corrected chi connectivity index (χ2v) is 6.28. The van der Waals surface area contributed by atoms with Gasteiger partial charge in [-0.05, 0) is 36.8 Å². The number of nitrogens with zero attached hydrogens (tertiary/aromatic N) is 1. The molecule has 136 valence electrons. The van der Waals surface area contributed by atoms with Crippen LogP contribution in [0.15, 0.2) is 48.5 Å². The van der Waals surface area contributed by atoms with E-state index in [4.69, 9.17) is 9.47 Å². The van der Waals surface area contributed by atoms with E-state index in [9.17, 15) is 9.59 Å². The first kappa shape index (κ1) is 17.8. The molecule has 0 spiro atoms. The predicted molar refractivity (Wildman–Crippen MR) is 98.6 cm³/mol. The highest BCUT2D eigenvalue weighted by molar-refractivity contribution is 5.97. The molecule has 0 aliphatic carbocycles. The van der Waals surface area contributed by atoms with Crippen LogP contribution in [0, 0.1) is 6.92 Å². The Balaban J connectivity index is 1.54. The number of methoxy groups -OCH3 is 1. The normalized spacial score (nSPS) is 16.5. The van der Waals surface area contributed by atoms with Crippen molar-refractivity contribution in [1.82, 2.24) is 5.32 Å². The van der Waals surface area contributed by atoms with Crippen LogP contribution in [-0.4, -0.2) is 38.1 Å². The average molecular weight is 354 g/mol. The molecule has 26 heavy (non-hydrogen) atoms. The fraction of sp³-hybridized carbons (Fsp3) is 0.300. The van der Waals surface area contributed by atoms with Gasteiger partial charge in [-0.1, -0.05) is 18.2 Å². The van der Waals surface area contributed by atoms with Crippen LogP contribution in [0.5, 0.6) is 11.5 Å². The number of carbonyl (C=O) groups excluding carboxylic acids is 2. The van der Waals surface area contributed by atoms with Crippen molar-refractivity contribution in [3.63, 3.8) is 0 Å². The molecule has 6 nitrogen and oxygen atoms in total. The molecular formula is C20H22N2O4. The van der Waals surface area contributed by atoms with Crippen molar-refractivity contribution < 1.29 is 19.1 Å². The molecule has 2 aromatic carbocycles. The van der Waals surface area contributed by atoms with Crippen LogP contribution in [0.1, 0.15) is 12.0 Å². The maximum absolute atomic E-state index is 12.3. The molecule has 0 unspecified atom stereocenters. The summed E-state index contributed by atoms with van der Waals surface area (Å²) in [5.41, 5.74) is 1.83. The lowest BCUT2D eigenvalue weighted by Crippen LogP contribution is -2.39. The van der Waals surface area contributed by atoms with Gasteiger partial charge in [0.25, 0.3) is 5.91 Å². The van der Waals surface area contributed by atoms with Crippen molar-refractivity contribution in [3.05, 3.63) is 54.1 Å². The Morgan fingerprint density at radius 2 is 1.96 bits per heavy atom. The largest absolute Gasteiger partial charge is 0.497 e. The van der Waals surface area contributed by atoms with Crippen LogP contribution in [0.3, 0.4) is 0 Å². The first-order valence-electron chi connectivity index (χ1n) is 8.48. The molecule has 0 saturated carbocycles. The second-order valence-electron chi connectivity index (χ2n) is 6.28. The van der Waals surface area contributed by atoms with Gasteiger partial charge in [0, 0.05) is 24.7 Å². The summed E-state index contributed by atoms with van der Waals surface area (Å²) in [5.74, 6) is 1.08. The number of carbonyl (C=O) groups is 2. The number of ether oxygens (including phenoxy) is 2. The fourth-order valence-electron chi connectivity index (χ4n) is 2.96. The number of rotatable bonds is 6. The van der Waals surface area contributed by atoms with Crippen LogP contribution >= 0.6 is 0 Å². The fourth-order valence-corrected chi connectivity index (χ4v) is 2.96. The first-order chi connectivity index (χ1) is 12.5. The summed E-state index contributed by atoms with van der Waals surface area (Å²) in [5, 5.41) is 2.86. The molecule has 0 bridgehead atoms. The van der Waals surface area contributed by atoms with Crippen molar-refractivity contribution >= 4 is 17.5 Å². The van der Waals surface area contributed by atoms with Gasteiger partial charge in [-0.25, -0.2) is 0 Å². The first-order valence-corrected chi connectivity index (χ1v) is 8.48. The Kier molecular flexibility index (Phi) is 5.41. The van der Waals surface area contributed by atoms with Crippen LogP contribution in [0.25, 0.3) is 0 Å². The van der Waals surface area contributed by atoms with Gasteiger partial charge in [0.1, 0.15) is 11.5 Å². The molecule has 1 heterocycles. The third-order valence-electron chi connectivity index (χ3n) is 4.21. The van der Waals surface area contributed by atoms with Gasteiger partial charge < -0.3 is 19.7 Å². The Bertz CT molecular complexity index is 806. The van der Waals surface area contributed by atoms with Gasteiger partial charge in [-0.15, -0.1) is 0 Å². The Morgan fingerprint density at radius 1 is 1.19 bits per heavy atom. The number of aryl methyl sites for hydroxylation is 1. The second kappa shape index (κ2) is 7.91. The van der Waals surface area contributed by atoms with Gasteiger partial charge in [0.15, 0.2) is 6.61 Å². The van der Waals surface area contributed by atoms with Crippen molar-refractivity contribution in [2.45, 2.75) is 19.4 Å². The van der Waals surface area contributed by atoms with Crippen LogP contribution in [-0.2, 0) is 9.59 Å². The lowest BCUT2D eigenvalue weighted by molar-refractivity contribution is -0.123. The van der Waals surface area contributed by atoms with Crippen molar-refractivity contribution in [1.29, 1.82) is 0 Å². The molecule has 1 aliphatic rings. The molecule has 2 amide bonds. The minimum absolute atomic E-state index is 0.0249. The molecule has 0 aromatic heterocycles. The third-order valence-corrected chi connectivity index (χ3v) is 4.21. The topological polar surface area (TPSA) is 67.9 Å². The van der Waals surface area contributed by atoms with Crippen molar-refractivity contribution in [3.8, 4) is 11.5 Å². The number of anilines is 1. The maximum atomic E-state index is 12.3. The Labute approximate surface area is 152 Å². The summed E-state index contributed by atoms with van der Waals surface area (Å²) < 4.78 is 10.7. The zero-order chi connectivity index (χ0) is 18.5. The predicted octanol–water partition coefficient (Wildman–Crippen LogP) is 2.30. The van der Waals surface area contributed by atoms with Crippen molar-refractivity contribution in [2.75, 3.05) is 25.2 Å². The average Bonchev–Trinajstić information content (AvgIpc) is 3.00. The van der Waals surface area contributed by atoms with E-state index in [1.54, 1.807) is 12.0 Å². The molecule has 6 heteroatoms. The molecular weight excluding hydrogens is 332 g/mol. The van der Waals surface area contributed by atoms with Gasteiger partial charge in [0.05, 0.1) is 13.2 Å². The highest BCUT2D eigenvalue weighted by Crippen LogP contribution is 2.25. The number of benzene rings is 2. The van der Waals surface area contributed by atoms with E-state index in [0.717, 1.165) is 11.3 Å². The van der Waals surface area contributed by atoms with Crippen LogP contribution < -0.4 is 19.7 Å². The highest BCUT2D eigenvalue weighted by Gasteiger charge is 2.31. The monoisotopic (exact) mass is 354 g/mol. The van der Waals surface area contributed by atoms with E-state index in [1.165, 1.54) is 0 Å². The van der Waals surface area contributed by atoms with Crippen LogP contribution in [0.4, 0.5) is 5.69 Å². The molecule has 1 saturated heterocycles. The lowest BCUT2D eigenvalue weighted by atomic mass is 10.2. The van der Waals surface area contributed by atoms with Crippen molar-refractivity contribution in [2.24, 2.45) is 0 Å². The zero-order valence-electron chi connectivity index (χ0n) is 14.9. The van der Waals surface area contributed by atoms with Gasteiger partial charge in [0.2, 0.25) is 5.91 Å². The summed E-state index contributed by atoms with van der Waals surface area (Å²) in [4.78, 5) is 26.1. The summed E-state index contributed by atoms with van der Waals surface area (Å²) >= 11 is 0. The summed E-state index contributed by atoms with van der Waals surface area (Å²) in [6.45, 7) is 2.32. The minimum Gasteiger partial charge on any atom is -0.497 e. The highest BCUT2D eigenvalue weighted by atomic mass is 16.5. The van der Waals surface area contributed by atoms with E-state index >= 15 is 0 Å². The molecule has 0 radical (unpaired) electrons. The third kappa shape index (κ3) is 4.33. The molecule has 2 aromatic rings. The zero-order valence-corrected chi connectivity index (χ0v) is 14.9. The number of hydrogen-bond donors (Lipinski definition) is 1. The van der Waals surface area contributed by atoms with Crippen LogP contribution in [0.2, 0.25) is 0 Å². The van der Waals surface area contributed by atoms with E-state index in [1.807, 2.05) is 55.5 Å². The standard InChI is InChI=1S/C20H22N2O4/c1-14-5-3-8-18(9-14)26-13-19(23)21-15-10-20(24)22(12-15)16-6-4-7-17(11-16)25-2/h3-9,11,15H,10,12-13H2,1-2H3,(H,21,23)/t15-/m1/s1.